The van der Waals surface area contributed by atoms with Crippen LogP contribution in [0.1, 0.15) is 5.56 Å². The summed E-state index contributed by atoms with van der Waals surface area (Å²) in [6.45, 7) is 1.79. The first-order valence-corrected chi connectivity index (χ1v) is 8.02. The molecule has 0 saturated heterocycles. The van der Waals surface area contributed by atoms with Crippen LogP contribution in [0.5, 0.6) is 0 Å². The number of pyridine rings is 1. The molecule has 23 heavy (non-hydrogen) atoms. The molecule has 0 unspecified atom stereocenters. The van der Waals surface area contributed by atoms with E-state index >= 15 is 0 Å². The Morgan fingerprint density at radius 2 is 1.87 bits per heavy atom. The molecule has 0 atom stereocenters. The summed E-state index contributed by atoms with van der Waals surface area (Å²) in [7, 11) is -5.52. The van der Waals surface area contributed by atoms with Crippen molar-refractivity contribution in [3.63, 3.8) is 0 Å². The molecular formula is C13H11ClF3N3O2S. The number of nitrogens with one attached hydrogen (secondary N) is 2. The molecule has 0 aliphatic carbocycles. The van der Waals surface area contributed by atoms with Crippen molar-refractivity contribution in [2.45, 2.75) is 12.4 Å². The third-order valence-corrected chi connectivity index (χ3v) is 4.33. The van der Waals surface area contributed by atoms with Crippen LogP contribution >= 0.6 is 11.6 Å². The first-order chi connectivity index (χ1) is 10.6. The molecule has 0 radical (unpaired) electrons. The Morgan fingerprint density at radius 3 is 2.48 bits per heavy atom. The zero-order chi connectivity index (χ0) is 17.3. The summed E-state index contributed by atoms with van der Waals surface area (Å²) in [5, 5.41) is 3.23. The molecule has 0 aliphatic heterocycles. The van der Waals surface area contributed by atoms with Gasteiger partial charge in [-0.05, 0) is 30.7 Å². The second-order valence-electron chi connectivity index (χ2n) is 4.56. The molecule has 1 heterocycles. The predicted molar refractivity (Wildman–Crippen MR) is 82.3 cm³/mol. The second-order valence-corrected chi connectivity index (χ2v) is 6.64. The Labute approximate surface area is 135 Å². The standard InChI is InChI=1S/C13H11ClF3N3O2S/c1-8-2-3-9(6-10(8)14)19-12-7-18-5-4-11(12)20-23(21,22)13(15,16)17/h2-7,19H,1H3,(H,18,20). The highest BCUT2D eigenvalue weighted by atomic mass is 35.5. The van der Waals surface area contributed by atoms with Crippen LogP contribution in [0.4, 0.5) is 30.2 Å². The number of aromatic nitrogens is 1. The number of hydrogen-bond donors (Lipinski definition) is 2. The quantitative estimate of drug-likeness (QED) is 0.857. The van der Waals surface area contributed by atoms with Gasteiger partial charge in [-0.3, -0.25) is 9.71 Å². The number of halogens is 4. The number of nitrogens with zero attached hydrogens (tertiary/aromatic N) is 1. The lowest BCUT2D eigenvalue weighted by Crippen LogP contribution is -2.30. The van der Waals surface area contributed by atoms with E-state index in [0.29, 0.717) is 10.7 Å². The van der Waals surface area contributed by atoms with Crippen molar-refractivity contribution in [1.29, 1.82) is 0 Å². The zero-order valence-electron chi connectivity index (χ0n) is 11.6. The van der Waals surface area contributed by atoms with Crippen LogP contribution in [0, 0.1) is 6.92 Å². The predicted octanol–water partition coefficient (Wildman–Crippen LogP) is 4.05. The molecule has 124 valence electrons. The van der Waals surface area contributed by atoms with Crippen LogP contribution < -0.4 is 10.0 Å². The summed E-state index contributed by atoms with van der Waals surface area (Å²) in [6, 6.07) is 6.03. The number of hydrogen-bond acceptors (Lipinski definition) is 4. The lowest BCUT2D eigenvalue weighted by Gasteiger charge is -2.15. The monoisotopic (exact) mass is 365 g/mol. The molecule has 2 N–H and O–H groups in total. The Balaban J connectivity index is 2.33. The highest BCUT2D eigenvalue weighted by molar-refractivity contribution is 7.93. The Bertz CT molecular complexity index is 825. The van der Waals surface area contributed by atoms with Gasteiger partial charge in [-0.25, -0.2) is 0 Å². The molecule has 0 fully saturated rings. The molecule has 2 aromatic rings. The summed E-state index contributed by atoms with van der Waals surface area (Å²) in [4.78, 5) is 3.76. The molecular weight excluding hydrogens is 355 g/mol. The van der Waals surface area contributed by atoms with Crippen molar-refractivity contribution < 1.29 is 21.6 Å². The van der Waals surface area contributed by atoms with Gasteiger partial charge in [0.25, 0.3) is 0 Å². The van der Waals surface area contributed by atoms with E-state index in [-0.39, 0.29) is 11.4 Å². The summed E-state index contributed by atoms with van der Waals surface area (Å²) >= 11 is 5.97. The van der Waals surface area contributed by atoms with Crippen molar-refractivity contribution in [2.75, 3.05) is 10.0 Å². The smallest absolute Gasteiger partial charge is 0.353 e. The summed E-state index contributed by atoms with van der Waals surface area (Å²) < 4.78 is 61.3. The fraction of sp³-hybridized carbons (Fsp3) is 0.154. The molecule has 0 saturated carbocycles. The number of alkyl halides is 3. The van der Waals surface area contributed by atoms with Gasteiger partial charge < -0.3 is 5.32 Å². The molecule has 0 spiro atoms. The molecule has 0 bridgehead atoms. The zero-order valence-corrected chi connectivity index (χ0v) is 13.2. The number of anilines is 3. The highest BCUT2D eigenvalue weighted by Crippen LogP contribution is 2.31. The third-order valence-electron chi connectivity index (χ3n) is 2.82. The molecule has 5 nitrogen and oxygen atoms in total. The van der Waals surface area contributed by atoms with Crippen LogP contribution in [0.15, 0.2) is 36.7 Å². The van der Waals surface area contributed by atoms with Gasteiger partial charge in [0.05, 0.1) is 17.6 Å². The van der Waals surface area contributed by atoms with Gasteiger partial charge in [0.2, 0.25) is 0 Å². The molecule has 10 heteroatoms. The van der Waals surface area contributed by atoms with Gasteiger partial charge in [0, 0.05) is 16.9 Å². The van der Waals surface area contributed by atoms with Gasteiger partial charge >= 0.3 is 15.5 Å². The van der Waals surface area contributed by atoms with E-state index in [1.807, 2.05) is 0 Å². The highest BCUT2D eigenvalue weighted by Gasteiger charge is 2.46. The van der Waals surface area contributed by atoms with E-state index in [0.717, 1.165) is 11.6 Å². The lowest BCUT2D eigenvalue weighted by molar-refractivity contribution is -0.0429. The van der Waals surface area contributed by atoms with Gasteiger partial charge in [-0.1, -0.05) is 17.7 Å². The van der Waals surface area contributed by atoms with Crippen LogP contribution in [0.2, 0.25) is 5.02 Å². The van der Waals surface area contributed by atoms with E-state index < -0.39 is 15.5 Å². The summed E-state index contributed by atoms with van der Waals surface area (Å²) in [5.74, 6) is 0. The second kappa shape index (κ2) is 6.25. The van der Waals surface area contributed by atoms with E-state index in [2.05, 4.69) is 10.3 Å². The Hall–Kier alpha value is -2.00. The molecule has 1 aromatic carbocycles. The largest absolute Gasteiger partial charge is 0.516 e. The maximum absolute atomic E-state index is 12.5. The first-order valence-electron chi connectivity index (χ1n) is 6.16. The lowest BCUT2D eigenvalue weighted by atomic mass is 10.2. The van der Waals surface area contributed by atoms with Gasteiger partial charge in [-0.2, -0.15) is 21.6 Å². The van der Waals surface area contributed by atoms with Gasteiger partial charge in [0.15, 0.2) is 0 Å². The average molecular weight is 366 g/mol. The van der Waals surface area contributed by atoms with Crippen molar-refractivity contribution in [2.24, 2.45) is 0 Å². The van der Waals surface area contributed by atoms with Crippen molar-refractivity contribution in [3.8, 4) is 0 Å². The van der Waals surface area contributed by atoms with Crippen LogP contribution in [0.25, 0.3) is 0 Å². The molecule has 2 rings (SSSR count). The van der Waals surface area contributed by atoms with E-state index in [9.17, 15) is 21.6 Å². The van der Waals surface area contributed by atoms with E-state index in [1.165, 1.54) is 17.1 Å². The fourth-order valence-electron chi connectivity index (χ4n) is 1.61. The van der Waals surface area contributed by atoms with Crippen LogP contribution in [-0.2, 0) is 10.0 Å². The van der Waals surface area contributed by atoms with Crippen molar-refractivity contribution in [1.82, 2.24) is 4.98 Å². The normalized spacial score (nSPS) is 12.0. The third kappa shape index (κ3) is 4.05. The molecule has 1 aromatic heterocycles. The van der Waals surface area contributed by atoms with E-state index in [1.54, 1.807) is 25.1 Å². The Kier molecular flexibility index (Phi) is 4.71. The molecule has 0 aliphatic rings. The first kappa shape index (κ1) is 17.4. The minimum Gasteiger partial charge on any atom is -0.353 e. The maximum atomic E-state index is 12.5. The van der Waals surface area contributed by atoms with Gasteiger partial charge in [-0.15, -0.1) is 0 Å². The van der Waals surface area contributed by atoms with Crippen molar-refractivity contribution in [3.05, 3.63) is 47.2 Å². The number of sulfonamides is 1. The number of rotatable bonds is 4. The fourth-order valence-corrected chi connectivity index (χ4v) is 2.38. The summed E-state index contributed by atoms with van der Waals surface area (Å²) in [6.07, 6.45) is 2.36. The van der Waals surface area contributed by atoms with Crippen molar-refractivity contribution >= 4 is 38.7 Å². The number of aryl methyl sites for hydroxylation is 1. The Morgan fingerprint density at radius 1 is 1.17 bits per heavy atom. The average Bonchev–Trinajstić information content (AvgIpc) is 2.43. The minimum atomic E-state index is -5.52. The van der Waals surface area contributed by atoms with E-state index in [4.69, 9.17) is 11.6 Å². The maximum Gasteiger partial charge on any atom is 0.516 e. The minimum absolute atomic E-state index is 0.0558. The topological polar surface area (TPSA) is 71.1 Å². The summed E-state index contributed by atoms with van der Waals surface area (Å²) in [5.41, 5.74) is -4.35. The van der Waals surface area contributed by atoms with Crippen LogP contribution in [-0.4, -0.2) is 18.9 Å². The van der Waals surface area contributed by atoms with Crippen LogP contribution in [0.3, 0.4) is 0 Å². The number of benzene rings is 1. The molecule has 0 amide bonds. The van der Waals surface area contributed by atoms with Gasteiger partial charge in [0.1, 0.15) is 0 Å². The SMILES string of the molecule is Cc1ccc(Nc2cnccc2NS(=O)(=O)C(F)(F)F)cc1Cl.